The molecular weight excluding hydrogens is 455 g/mol. The monoisotopic (exact) mass is 484 g/mol. The Morgan fingerprint density at radius 3 is 2.74 bits per heavy atom. The van der Waals surface area contributed by atoms with Crippen molar-refractivity contribution in [1.82, 2.24) is 15.2 Å². The third-order valence-corrected chi connectivity index (χ3v) is 6.17. The van der Waals surface area contributed by atoms with Gasteiger partial charge in [0.25, 0.3) is 17.7 Å². The summed E-state index contributed by atoms with van der Waals surface area (Å²) in [7, 11) is 0. The summed E-state index contributed by atoms with van der Waals surface area (Å²) >= 11 is 0. The third kappa shape index (κ3) is 5.13. The zero-order valence-electron chi connectivity index (χ0n) is 20.0. The molecule has 3 amide bonds. The lowest BCUT2D eigenvalue weighted by Gasteiger charge is -2.30. The van der Waals surface area contributed by atoms with Crippen LogP contribution in [0.5, 0.6) is 0 Å². The van der Waals surface area contributed by atoms with E-state index in [0.717, 1.165) is 0 Å². The van der Waals surface area contributed by atoms with Crippen molar-refractivity contribution in [1.29, 1.82) is 0 Å². The first-order valence-electron chi connectivity index (χ1n) is 11.6. The van der Waals surface area contributed by atoms with Gasteiger partial charge in [0, 0.05) is 42.3 Å². The molecule has 10 heteroatoms. The molecule has 1 aromatic carbocycles. The number of carbonyl (C=O) groups excluding carboxylic acids is 3. The molecule has 1 fully saturated rings. The Balaban J connectivity index is 1.51. The Morgan fingerprint density at radius 2 is 2.03 bits per heavy atom. The van der Waals surface area contributed by atoms with Crippen molar-refractivity contribution in [3.63, 3.8) is 0 Å². The first-order chi connectivity index (χ1) is 16.8. The van der Waals surface area contributed by atoms with E-state index in [0.29, 0.717) is 72.2 Å². The summed E-state index contributed by atoms with van der Waals surface area (Å²) in [5, 5.41) is 5.53. The van der Waals surface area contributed by atoms with Crippen LogP contribution in [0, 0.1) is 19.7 Å². The second-order valence-electron chi connectivity index (χ2n) is 8.46. The molecule has 2 aliphatic rings. The lowest BCUT2D eigenvalue weighted by Crippen LogP contribution is -2.50. The summed E-state index contributed by atoms with van der Waals surface area (Å²) in [5.41, 5.74) is 3.55. The van der Waals surface area contributed by atoms with E-state index in [2.05, 4.69) is 15.6 Å². The van der Waals surface area contributed by atoms with Gasteiger partial charge in [-0.1, -0.05) is 0 Å². The summed E-state index contributed by atoms with van der Waals surface area (Å²) in [5.74, 6) is -1.32. The van der Waals surface area contributed by atoms with Gasteiger partial charge in [-0.15, -0.1) is 0 Å². The second kappa shape index (κ2) is 10.4. The molecule has 186 valence electrons. The van der Waals surface area contributed by atoms with Crippen LogP contribution >= 0.6 is 0 Å². The lowest BCUT2D eigenvalue weighted by molar-refractivity contribution is -0.147. The highest BCUT2D eigenvalue weighted by Gasteiger charge is 2.29. The maximum Gasteiger partial charge on any atom is 0.256 e. The quantitative estimate of drug-likeness (QED) is 0.522. The zero-order valence-corrected chi connectivity index (χ0v) is 20.0. The van der Waals surface area contributed by atoms with Crippen molar-refractivity contribution >= 4 is 35.1 Å². The Kier molecular flexibility index (Phi) is 7.32. The van der Waals surface area contributed by atoms with Gasteiger partial charge in [-0.2, -0.15) is 0 Å². The van der Waals surface area contributed by atoms with Crippen molar-refractivity contribution in [3.05, 3.63) is 52.1 Å². The highest BCUT2D eigenvalue weighted by atomic mass is 19.1. The molecule has 2 aliphatic heterocycles. The van der Waals surface area contributed by atoms with E-state index in [4.69, 9.17) is 9.47 Å². The first-order valence-corrected chi connectivity index (χ1v) is 11.6. The third-order valence-electron chi connectivity index (χ3n) is 6.17. The van der Waals surface area contributed by atoms with Gasteiger partial charge in [-0.05, 0) is 50.6 Å². The summed E-state index contributed by atoms with van der Waals surface area (Å²) in [6.07, 6.45) is 0.821. The highest BCUT2D eigenvalue weighted by molar-refractivity contribution is 6.34. The SMILES string of the molecule is CCOC(CNC(=O)c1c(C)[nH]c(C=C2C(=O)Nc3ccc(F)cc32)c1C)C(=O)N1CCOCC1. The van der Waals surface area contributed by atoms with Gasteiger partial charge in [0.15, 0.2) is 6.10 Å². The normalized spacial score (nSPS) is 17.3. The largest absolute Gasteiger partial charge is 0.378 e. The smallest absolute Gasteiger partial charge is 0.256 e. The van der Waals surface area contributed by atoms with Crippen LogP contribution in [-0.2, 0) is 19.1 Å². The maximum atomic E-state index is 13.8. The van der Waals surface area contributed by atoms with Gasteiger partial charge < -0.3 is 30.0 Å². The van der Waals surface area contributed by atoms with E-state index in [1.54, 1.807) is 31.7 Å². The Hall–Kier alpha value is -3.50. The molecule has 0 aliphatic carbocycles. The van der Waals surface area contributed by atoms with Gasteiger partial charge in [0.05, 0.1) is 30.9 Å². The summed E-state index contributed by atoms with van der Waals surface area (Å²) in [6.45, 7) is 7.62. The Morgan fingerprint density at radius 1 is 1.29 bits per heavy atom. The molecule has 35 heavy (non-hydrogen) atoms. The van der Waals surface area contributed by atoms with E-state index < -0.39 is 11.9 Å². The minimum Gasteiger partial charge on any atom is -0.378 e. The molecule has 0 bridgehead atoms. The van der Waals surface area contributed by atoms with Gasteiger partial charge in [-0.3, -0.25) is 14.4 Å². The number of aromatic nitrogens is 1. The number of carbonyl (C=O) groups is 3. The van der Waals surface area contributed by atoms with Crippen LogP contribution in [-0.4, -0.2) is 73.2 Å². The minimum absolute atomic E-state index is 0.0262. The molecule has 9 nitrogen and oxygen atoms in total. The standard InChI is InChI=1S/C25H29FN4O5/c1-4-35-21(25(33)30-7-9-34-10-8-30)13-27-24(32)22-14(2)20(28-15(22)3)12-18-17-11-16(26)5-6-19(17)29-23(18)31/h5-6,11-12,21,28H,4,7-10,13H2,1-3H3,(H,27,32)(H,29,31). The van der Waals surface area contributed by atoms with E-state index in [-0.39, 0.29) is 24.3 Å². The van der Waals surface area contributed by atoms with Crippen molar-refractivity contribution in [3.8, 4) is 0 Å². The Bertz CT molecular complexity index is 1180. The number of nitrogens with zero attached hydrogens (tertiary/aromatic N) is 1. The van der Waals surface area contributed by atoms with Crippen molar-refractivity contribution < 1.29 is 28.2 Å². The van der Waals surface area contributed by atoms with E-state index in [9.17, 15) is 18.8 Å². The van der Waals surface area contributed by atoms with Gasteiger partial charge in [0.2, 0.25) is 0 Å². The number of H-pyrrole nitrogens is 1. The van der Waals surface area contributed by atoms with Gasteiger partial charge in [0.1, 0.15) is 5.82 Å². The number of aryl methyl sites for hydroxylation is 1. The van der Waals surface area contributed by atoms with E-state index >= 15 is 0 Å². The molecule has 0 spiro atoms. The number of rotatable bonds is 7. The number of ether oxygens (including phenoxy) is 2. The van der Waals surface area contributed by atoms with Crippen LogP contribution in [0.15, 0.2) is 18.2 Å². The Labute approximate surface area is 202 Å². The number of fused-ring (bicyclic) bond motifs is 1. The molecule has 1 saturated heterocycles. The number of benzene rings is 1. The molecular formula is C25H29FN4O5. The number of hydrogen-bond donors (Lipinski definition) is 3. The van der Waals surface area contributed by atoms with E-state index in [1.165, 1.54) is 18.2 Å². The topological polar surface area (TPSA) is 113 Å². The molecule has 2 aromatic rings. The molecule has 3 heterocycles. The number of anilines is 1. The predicted octanol–water partition coefficient (Wildman–Crippen LogP) is 2.26. The van der Waals surface area contributed by atoms with Crippen molar-refractivity contribution in [2.24, 2.45) is 0 Å². The predicted molar refractivity (Wildman–Crippen MR) is 128 cm³/mol. The fourth-order valence-corrected chi connectivity index (χ4v) is 4.39. The fourth-order valence-electron chi connectivity index (χ4n) is 4.39. The van der Waals surface area contributed by atoms with Crippen molar-refractivity contribution in [2.45, 2.75) is 26.9 Å². The van der Waals surface area contributed by atoms with Gasteiger partial charge >= 0.3 is 0 Å². The van der Waals surface area contributed by atoms with Crippen LogP contribution in [0.1, 0.15) is 39.8 Å². The number of nitrogens with one attached hydrogen (secondary N) is 3. The number of aromatic amines is 1. The number of amides is 3. The van der Waals surface area contributed by atoms with Gasteiger partial charge in [-0.25, -0.2) is 4.39 Å². The molecule has 0 saturated carbocycles. The maximum absolute atomic E-state index is 13.8. The lowest BCUT2D eigenvalue weighted by atomic mass is 10.0. The molecule has 4 rings (SSSR count). The van der Waals surface area contributed by atoms with Crippen molar-refractivity contribution in [2.75, 3.05) is 44.8 Å². The van der Waals surface area contributed by atoms with Crippen LogP contribution in [0.4, 0.5) is 10.1 Å². The number of morpholine rings is 1. The van der Waals surface area contributed by atoms with Crippen LogP contribution in [0.25, 0.3) is 11.6 Å². The first kappa shape index (κ1) is 24.6. The molecule has 1 unspecified atom stereocenters. The minimum atomic E-state index is -0.795. The zero-order chi connectivity index (χ0) is 25.1. The second-order valence-corrected chi connectivity index (χ2v) is 8.46. The number of halogens is 1. The van der Waals surface area contributed by atoms with Crippen LogP contribution < -0.4 is 10.6 Å². The summed E-state index contributed by atoms with van der Waals surface area (Å²) in [6, 6.07) is 4.10. The molecule has 1 aromatic heterocycles. The van der Waals surface area contributed by atoms with Crippen LogP contribution in [0.2, 0.25) is 0 Å². The average Bonchev–Trinajstić information content (AvgIpc) is 3.31. The molecule has 1 atom stereocenters. The highest BCUT2D eigenvalue weighted by Crippen LogP contribution is 2.34. The molecule has 0 radical (unpaired) electrons. The summed E-state index contributed by atoms with van der Waals surface area (Å²) in [4.78, 5) is 43.2. The average molecular weight is 485 g/mol. The van der Waals surface area contributed by atoms with E-state index in [1.807, 2.05) is 0 Å². The van der Waals surface area contributed by atoms with Crippen LogP contribution in [0.3, 0.4) is 0 Å². The summed E-state index contributed by atoms with van der Waals surface area (Å²) < 4.78 is 24.7. The fraction of sp³-hybridized carbons (Fsp3) is 0.400. The molecule has 3 N–H and O–H groups in total. The number of hydrogen-bond acceptors (Lipinski definition) is 5.